The summed E-state index contributed by atoms with van der Waals surface area (Å²) in [5.74, 6) is 2.98. The summed E-state index contributed by atoms with van der Waals surface area (Å²) in [5, 5.41) is 13.0. The monoisotopic (exact) mass is 1030 g/mol. The van der Waals surface area contributed by atoms with Crippen molar-refractivity contribution in [3.8, 4) is 0 Å². The van der Waals surface area contributed by atoms with E-state index in [1.54, 1.807) is 6.33 Å². The van der Waals surface area contributed by atoms with Crippen molar-refractivity contribution < 1.29 is 213 Å². The second-order valence-electron chi connectivity index (χ2n) is 16.3. The number of carbonyl (C=O) groups excluding carboxylic acids is 1. The van der Waals surface area contributed by atoms with E-state index in [4.69, 9.17) is 195 Å². The van der Waals surface area contributed by atoms with Gasteiger partial charge in [-0.25, -0.2) is 9.97 Å². The van der Waals surface area contributed by atoms with Crippen LogP contribution >= 0.6 is 23.2 Å². The van der Waals surface area contributed by atoms with Gasteiger partial charge >= 0.3 is 29.6 Å². The van der Waals surface area contributed by atoms with Crippen LogP contribution in [0.1, 0.15) is 319 Å². The van der Waals surface area contributed by atoms with E-state index < -0.39 is 6.10 Å². The Morgan fingerprint density at radius 3 is 1.71 bits per heavy atom. The molecule has 4 aromatic heterocycles. The number of ketones is 1. The van der Waals surface area contributed by atoms with Gasteiger partial charge in [-0.2, -0.15) is 0 Å². The van der Waals surface area contributed by atoms with E-state index in [2.05, 4.69) is 62.9 Å². The van der Waals surface area contributed by atoms with Gasteiger partial charge in [0, 0.05) is 197 Å². The number of rotatable bonds is 8. The zero-order valence-corrected chi connectivity index (χ0v) is 35.8. The summed E-state index contributed by atoms with van der Waals surface area (Å²) in [4.78, 5) is 22.1. The van der Waals surface area contributed by atoms with E-state index in [-0.39, 0.29) is 45.3 Å². The normalized spacial score (nSPS) is 31.0. The van der Waals surface area contributed by atoms with E-state index in [0.29, 0.717) is 35.4 Å². The van der Waals surface area contributed by atoms with E-state index >= 15 is 0 Å². The number of halogens is 2. The van der Waals surface area contributed by atoms with Crippen LogP contribution in [0.2, 0.25) is 10.0 Å². The third-order valence-corrected chi connectivity index (χ3v) is 13.2. The van der Waals surface area contributed by atoms with Crippen molar-refractivity contribution >= 4 is 48.4 Å². The van der Waals surface area contributed by atoms with Crippen LogP contribution in [-0.2, 0) is 0 Å². The average Bonchev–Trinajstić information content (AvgIpc) is 1.62. The zero-order chi connectivity index (χ0) is 153. The molecule has 4 fully saturated rings. The van der Waals surface area contributed by atoms with Crippen LogP contribution in [0.4, 0.5) is 0 Å². The fourth-order valence-corrected chi connectivity index (χ4v) is 9.87. The van der Waals surface area contributed by atoms with Crippen molar-refractivity contribution in [2.75, 3.05) is 0 Å². The molecular formula is C46H165BCl2N4NaO2. The summed E-state index contributed by atoms with van der Waals surface area (Å²) in [6.07, 6.45) is 20.1. The average molecular weight is 1030 g/mol. The SMILES string of the molecule is O=C(c1c(C2CC2)ccc2cncn12)C1CCC(c2cccc(Cl)c2)CC1.OC(c1c(C2CC2)ccc2cncn12)C1CCC(c2cccc(Cl)c2)CC1.[2H][2H].[2H][2H].[2H][2H].[2H][2H].[2H][2H].[2H][2H].[2H][2H].[2H][2H].[2H][2H].[2H][2H].[2H][2H].[2H][2H].[2H][2H].[2H][2H].[2H][2H].[2H][2H].[2H][2H].[2H][2H].[2H][2H].[2H][2H].[2H][2H].[2H][2H].[2H][2H].[2H][2H].[2H][2H].[2H][2H].[2H][2H].[2H][2H].[2H][2H].[2H][2H].[2H][2H].[2H][2H].[2H][2H].[2H][2H].[2H][2H].[2H][2H].[2H][2H].[2H][2H].[2H][2H].[2H][2H].[2H][2H].[2H][2H].[2H][2H].[2H][2H].[2H][2H].[2H][2H].[2H][2H].[2H][2H].[2H][2H].[2H][2H].[2H][2H].[2H][2H].[2H][2H].[2H][2H].[2H][2H].[2H][2H].[2H][2H].[2H][2H].[B].[H-].[Na+]. The van der Waals surface area contributed by atoms with Crippen LogP contribution < -0.4 is 29.6 Å². The Morgan fingerprint density at radius 2 is 1.16 bits per heavy atom. The maximum atomic E-state index is 13.5. The first-order valence-corrected chi connectivity index (χ1v) is 20.8. The molecule has 0 amide bonds. The molecule has 10 rings (SSSR count). The maximum absolute atomic E-state index is 13.5. The summed E-state index contributed by atoms with van der Waals surface area (Å²) in [7, 11) is 0. The van der Waals surface area contributed by atoms with Crippen LogP contribution in [0.3, 0.4) is 0 Å². The number of aliphatic hydroxyl groups is 1. The van der Waals surface area contributed by atoms with Crippen molar-refractivity contribution in [2.45, 2.75) is 107 Å². The number of carbonyl (C=O) groups is 1. The molecule has 10 heteroatoms. The number of pyridine rings is 2. The van der Waals surface area contributed by atoms with Gasteiger partial charge in [0.25, 0.3) is 0 Å². The van der Waals surface area contributed by atoms with Crippen molar-refractivity contribution in [1.29, 1.82) is 0 Å². The molecule has 3 radical (unpaired) electrons. The number of hydrogen-bond donors (Lipinski definition) is 1. The molecule has 0 aliphatic heterocycles. The molecule has 1 atom stereocenters. The first-order valence-electron chi connectivity index (χ1n) is 78.0. The van der Waals surface area contributed by atoms with Gasteiger partial charge in [-0.15, -0.1) is 0 Å². The number of aliphatic hydroxyl groups excluding tert-OH is 1. The van der Waals surface area contributed by atoms with Gasteiger partial charge in [0.2, 0.25) is 0 Å². The van der Waals surface area contributed by atoms with Gasteiger partial charge < -0.3 is 10.9 Å². The van der Waals surface area contributed by atoms with Gasteiger partial charge in [0.15, 0.2) is 5.78 Å². The van der Waals surface area contributed by atoms with Crippen molar-refractivity contribution in [1.82, 2.24) is 18.8 Å². The molecule has 4 aliphatic carbocycles. The maximum Gasteiger partial charge on any atom is 1.00 e. The smallest absolute Gasteiger partial charge is 1.00 e. The second-order valence-corrected chi connectivity index (χ2v) is 17.2. The first-order chi connectivity index (χ1) is 84.4. The van der Waals surface area contributed by atoms with E-state index in [1.165, 1.54) is 47.9 Å². The van der Waals surface area contributed by atoms with Gasteiger partial charge in [-0.3, -0.25) is 9.20 Å². The molecule has 6 nitrogen and oxygen atoms in total. The predicted octanol–water partition coefficient (Wildman–Crippen LogP) is 22.9. The Hall–Kier alpha value is -2.91. The zero-order valence-electron chi connectivity index (χ0n) is 149. The van der Waals surface area contributed by atoms with Crippen molar-refractivity contribution in [3.63, 3.8) is 0 Å². The van der Waals surface area contributed by atoms with Crippen LogP contribution in [0, 0.1) is 11.8 Å². The van der Waals surface area contributed by atoms with E-state index in [0.717, 1.165) is 83.8 Å². The molecule has 4 saturated carbocycles. The molecule has 2 aromatic carbocycles. The summed E-state index contributed by atoms with van der Waals surface area (Å²) < 4.78 is 584. The fourth-order valence-electron chi connectivity index (χ4n) is 9.47. The van der Waals surface area contributed by atoms with E-state index in [1.807, 2.05) is 47.4 Å². The van der Waals surface area contributed by atoms with Crippen LogP contribution in [0.5, 0.6) is 0 Å². The molecular weight excluding hydrogens is 745 g/mol. The van der Waals surface area contributed by atoms with Gasteiger partial charge in [0.1, 0.15) is 0 Å². The predicted molar refractivity (Wildman–Crippen MR) is 345 cm³/mol. The standard InChI is InChI=1S/C23H25ClN2O.C23H23ClN2O.B.Na.58H2.H/c2*24-19-3-1-2-18(12-19)15-4-8-17(9-5-15)23(27)22-21(16-6-7-16)11-10-20-13-25-14-26(20)22;;;;;;;;;;;;;;;;;;;;;;;;;;;;;;;;;;;;;;;;;;;;;;;;;;;;;;;;;;;;;/h1-3,10-17,23,27H,4-9H2;1-3,10-17H,4-9H2;;;58*1H;/q;;;+1;;;;;;;;;;;;;;;;;;;;;;;;;;;;;;;;;;;;;;;;;;;;;;;;;;;;;;;;;;;-1/i;;;;58*1+1D;. The Morgan fingerprint density at radius 1 is 0.679 bits per heavy atom. The molecule has 0 bridgehead atoms. The Balaban J connectivity index is -0.0000000180. The molecule has 4 heterocycles. The molecule has 0 spiro atoms. The fraction of sp³-hybridized carbons (Fsp3) is 0.413. The number of imidazole rings is 2. The third-order valence-electron chi connectivity index (χ3n) is 12.8. The number of Topliss-reactive ketones (excluding diaryl/α,β-unsaturated/α-hetero) is 1. The minimum absolute atomic E-state index is 0. The molecule has 56 heavy (non-hydrogen) atoms. The summed E-state index contributed by atoms with van der Waals surface area (Å²) in [5.41, 5.74) is 9.25. The molecule has 4 aliphatic rings. The van der Waals surface area contributed by atoms with Gasteiger partial charge in [0.05, 0.1) is 53.6 Å². The summed E-state index contributed by atoms with van der Waals surface area (Å²) in [6, 6.07) is 25.0. The second kappa shape index (κ2) is 17.9. The van der Waals surface area contributed by atoms with Crippen LogP contribution in [-0.4, -0.2) is 38.1 Å². The van der Waals surface area contributed by atoms with Crippen molar-refractivity contribution in [2.24, 2.45) is 11.8 Å². The van der Waals surface area contributed by atoms with Crippen molar-refractivity contribution in [3.05, 3.63) is 142 Å². The van der Waals surface area contributed by atoms with Crippen LogP contribution in [0.15, 0.2) is 97.8 Å². The molecule has 399 valence electrons. The topological polar surface area (TPSA) is 71.9 Å². The Labute approximate surface area is 544 Å². The van der Waals surface area contributed by atoms with Gasteiger partial charge in [-0.1, -0.05) is 59.6 Å². The molecule has 1 N–H and O–H groups in total. The molecule has 0 saturated heterocycles. The summed E-state index contributed by atoms with van der Waals surface area (Å²) in [6.45, 7) is 0. The Kier molecular flexibility index (Phi) is 3.36. The summed E-state index contributed by atoms with van der Waals surface area (Å²) >= 11 is 12.3. The number of aromatic nitrogens is 4. The minimum Gasteiger partial charge on any atom is -1.00 e. The number of benzene rings is 2. The van der Waals surface area contributed by atoms with Gasteiger partial charge in [-0.05, 0) is 165 Å². The number of fused-ring (bicyclic) bond motifs is 2. The molecule has 1 unspecified atom stereocenters. The third kappa shape index (κ3) is 8.74. The van der Waals surface area contributed by atoms with E-state index in [9.17, 15) is 9.90 Å². The minimum atomic E-state index is -0.418. The number of nitrogens with zero attached hydrogens (tertiary/aromatic N) is 4. The van der Waals surface area contributed by atoms with Crippen LogP contribution in [0.25, 0.3) is 11.0 Å². The molecule has 6 aromatic rings. The first kappa shape index (κ1) is 10.5. The largest absolute Gasteiger partial charge is 1.00 e. The Bertz CT molecular complexity index is 2440. The quantitative estimate of drug-likeness (QED) is 0.122. The number of hydrogen-bond acceptors (Lipinski definition) is 4.